The van der Waals surface area contributed by atoms with Gasteiger partial charge in [0, 0.05) is 6.04 Å². The number of benzene rings is 2. The van der Waals surface area contributed by atoms with Crippen molar-refractivity contribution >= 4 is 11.7 Å². The van der Waals surface area contributed by atoms with E-state index in [1.54, 1.807) is 14.0 Å². The number of ketones is 1. The number of likely N-dealkylation sites (tertiary alicyclic amines) is 1. The van der Waals surface area contributed by atoms with E-state index in [1.165, 1.54) is 12.0 Å². The molecular formula is C25H32N2O3. The minimum absolute atomic E-state index is 0.0187. The van der Waals surface area contributed by atoms with E-state index in [4.69, 9.17) is 4.74 Å². The molecule has 5 nitrogen and oxygen atoms in total. The Morgan fingerprint density at radius 1 is 1.07 bits per heavy atom. The summed E-state index contributed by atoms with van der Waals surface area (Å²) in [4.78, 5) is 27.3. The van der Waals surface area contributed by atoms with Gasteiger partial charge in [0.1, 0.15) is 5.75 Å². The molecule has 2 aromatic rings. The third-order valence-corrected chi connectivity index (χ3v) is 5.82. The molecule has 3 rings (SSSR count). The summed E-state index contributed by atoms with van der Waals surface area (Å²) in [6, 6.07) is 17.7. The maximum atomic E-state index is 12.9. The van der Waals surface area contributed by atoms with E-state index in [2.05, 4.69) is 22.3 Å². The first kappa shape index (κ1) is 22.0. The summed E-state index contributed by atoms with van der Waals surface area (Å²) >= 11 is 0. The number of hydrogen-bond donors (Lipinski definition) is 1. The van der Waals surface area contributed by atoms with E-state index in [0.717, 1.165) is 37.1 Å². The van der Waals surface area contributed by atoms with E-state index in [1.807, 2.05) is 42.5 Å². The molecule has 0 unspecified atom stereocenters. The van der Waals surface area contributed by atoms with Gasteiger partial charge in [-0.15, -0.1) is 0 Å². The van der Waals surface area contributed by atoms with E-state index in [-0.39, 0.29) is 17.7 Å². The van der Waals surface area contributed by atoms with E-state index in [9.17, 15) is 9.59 Å². The Labute approximate surface area is 179 Å². The average molecular weight is 409 g/mol. The van der Waals surface area contributed by atoms with Gasteiger partial charge >= 0.3 is 0 Å². The highest BCUT2D eigenvalue weighted by atomic mass is 16.5. The van der Waals surface area contributed by atoms with Crippen molar-refractivity contribution in [3.8, 4) is 5.75 Å². The molecular weight excluding hydrogens is 376 g/mol. The molecule has 2 atom stereocenters. The van der Waals surface area contributed by atoms with Gasteiger partial charge in [-0.1, -0.05) is 55.3 Å². The number of methoxy groups -OCH3 is 1. The summed E-state index contributed by atoms with van der Waals surface area (Å²) in [7, 11) is 1.66. The number of carbonyl (C=O) groups is 2. The van der Waals surface area contributed by atoms with Crippen molar-refractivity contribution in [2.24, 2.45) is 0 Å². The monoisotopic (exact) mass is 408 g/mol. The van der Waals surface area contributed by atoms with Crippen LogP contribution < -0.4 is 10.1 Å². The molecule has 0 saturated carbocycles. The van der Waals surface area contributed by atoms with Gasteiger partial charge in [-0.3, -0.25) is 14.5 Å². The Balaban J connectivity index is 1.67. The van der Waals surface area contributed by atoms with Crippen LogP contribution in [0.2, 0.25) is 0 Å². The highest BCUT2D eigenvalue weighted by Gasteiger charge is 2.26. The van der Waals surface area contributed by atoms with E-state index in [0.29, 0.717) is 13.0 Å². The van der Waals surface area contributed by atoms with E-state index < -0.39 is 6.04 Å². The lowest BCUT2D eigenvalue weighted by atomic mass is 10.0. The lowest BCUT2D eigenvalue weighted by Crippen LogP contribution is -2.46. The normalized spacial score (nSPS) is 18.3. The summed E-state index contributed by atoms with van der Waals surface area (Å²) in [5.41, 5.74) is 2.25. The molecule has 2 aromatic carbocycles. The predicted molar refractivity (Wildman–Crippen MR) is 119 cm³/mol. The Hall–Kier alpha value is -2.66. The summed E-state index contributed by atoms with van der Waals surface area (Å²) < 4.78 is 5.28. The Bertz CT molecular complexity index is 820. The fourth-order valence-electron chi connectivity index (χ4n) is 4.13. The number of hydrogen-bond acceptors (Lipinski definition) is 4. The number of nitrogens with one attached hydrogen (secondary N) is 1. The first-order chi connectivity index (χ1) is 14.6. The smallest absolute Gasteiger partial charge is 0.234 e. The lowest BCUT2D eigenvalue weighted by molar-refractivity contribution is -0.128. The summed E-state index contributed by atoms with van der Waals surface area (Å²) in [5, 5.41) is 2.97. The molecule has 0 radical (unpaired) electrons. The molecule has 1 aliphatic heterocycles. The fourth-order valence-corrected chi connectivity index (χ4v) is 4.13. The van der Waals surface area contributed by atoms with Crippen molar-refractivity contribution in [1.82, 2.24) is 10.2 Å². The number of carbonyl (C=O) groups excluding carboxylic acids is 2. The zero-order valence-corrected chi connectivity index (χ0v) is 18.0. The molecule has 0 bridgehead atoms. The van der Waals surface area contributed by atoms with Crippen LogP contribution in [0, 0.1) is 0 Å². The minimum atomic E-state index is -0.494. The number of ether oxygens (including phenoxy) is 1. The quantitative estimate of drug-likeness (QED) is 0.719. The second kappa shape index (κ2) is 10.9. The predicted octanol–water partition coefficient (Wildman–Crippen LogP) is 3.93. The molecule has 160 valence electrons. The van der Waals surface area contributed by atoms with Crippen LogP contribution in [0.25, 0.3) is 0 Å². The van der Waals surface area contributed by atoms with Crippen LogP contribution >= 0.6 is 0 Å². The topological polar surface area (TPSA) is 58.6 Å². The molecule has 0 spiro atoms. The molecule has 1 amide bonds. The molecule has 0 aliphatic carbocycles. The molecule has 1 saturated heterocycles. The first-order valence-electron chi connectivity index (χ1n) is 10.8. The number of Topliss-reactive ketones (excluding diaryl/α,β-unsaturated/α-hetero) is 1. The van der Waals surface area contributed by atoms with Crippen molar-refractivity contribution in [2.45, 2.75) is 51.1 Å². The second-order valence-electron chi connectivity index (χ2n) is 8.03. The number of amides is 1. The van der Waals surface area contributed by atoms with Crippen LogP contribution in [0.5, 0.6) is 5.75 Å². The first-order valence-corrected chi connectivity index (χ1v) is 10.8. The highest BCUT2D eigenvalue weighted by Crippen LogP contribution is 2.30. The molecule has 1 heterocycles. The Morgan fingerprint density at radius 3 is 2.47 bits per heavy atom. The van der Waals surface area contributed by atoms with Crippen molar-refractivity contribution in [3.05, 3.63) is 65.7 Å². The van der Waals surface area contributed by atoms with Gasteiger partial charge in [-0.05, 0) is 56.0 Å². The van der Waals surface area contributed by atoms with Crippen molar-refractivity contribution in [1.29, 1.82) is 0 Å². The molecule has 1 fully saturated rings. The zero-order chi connectivity index (χ0) is 21.3. The molecule has 5 heteroatoms. The van der Waals surface area contributed by atoms with Gasteiger partial charge in [0.2, 0.25) is 5.91 Å². The second-order valence-corrected chi connectivity index (χ2v) is 8.03. The van der Waals surface area contributed by atoms with Gasteiger partial charge in [0.05, 0.1) is 19.7 Å². The van der Waals surface area contributed by atoms with Crippen LogP contribution in [0.1, 0.15) is 49.8 Å². The van der Waals surface area contributed by atoms with Crippen LogP contribution in [-0.4, -0.2) is 42.8 Å². The maximum Gasteiger partial charge on any atom is 0.234 e. The summed E-state index contributed by atoms with van der Waals surface area (Å²) in [6.07, 6.45) is 4.96. The number of rotatable bonds is 8. The minimum Gasteiger partial charge on any atom is -0.497 e. The number of nitrogens with zero attached hydrogens (tertiary/aromatic N) is 1. The Kier molecular flexibility index (Phi) is 8.03. The largest absolute Gasteiger partial charge is 0.497 e. The lowest BCUT2D eigenvalue weighted by Gasteiger charge is -2.30. The van der Waals surface area contributed by atoms with Crippen molar-refractivity contribution in [2.75, 3.05) is 20.2 Å². The van der Waals surface area contributed by atoms with Gasteiger partial charge < -0.3 is 10.1 Å². The van der Waals surface area contributed by atoms with Gasteiger partial charge in [-0.25, -0.2) is 0 Å². The van der Waals surface area contributed by atoms with Crippen LogP contribution in [0.15, 0.2) is 54.6 Å². The summed E-state index contributed by atoms with van der Waals surface area (Å²) in [6.45, 7) is 2.72. The van der Waals surface area contributed by atoms with E-state index >= 15 is 0 Å². The Morgan fingerprint density at radius 2 is 1.80 bits per heavy atom. The van der Waals surface area contributed by atoms with Crippen LogP contribution in [0.3, 0.4) is 0 Å². The van der Waals surface area contributed by atoms with Gasteiger partial charge in [0.25, 0.3) is 0 Å². The SMILES string of the molecule is COc1ccc([C@H]2CCCCCN2CC(=O)N[C@H](Cc2ccccc2)C(C)=O)cc1. The van der Waals surface area contributed by atoms with Gasteiger partial charge in [-0.2, -0.15) is 0 Å². The van der Waals surface area contributed by atoms with Crippen LogP contribution in [-0.2, 0) is 16.0 Å². The molecule has 0 aromatic heterocycles. The average Bonchev–Trinajstić information content (AvgIpc) is 2.99. The van der Waals surface area contributed by atoms with Crippen LogP contribution in [0.4, 0.5) is 0 Å². The zero-order valence-electron chi connectivity index (χ0n) is 18.0. The highest BCUT2D eigenvalue weighted by molar-refractivity contribution is 5.88. The third kappa shape index (κ3) is 6.17. The summed E-state index contributed by atoms with van der Waals surface area (Å²) in [5.74, 6) is 0.725. The molecule has 1 N–H and O–H groups in total. The third-order valence-electron chi connectivity index (χ3n) is 5.82. The molecule has 1 aliphatic rings. The van der Waals surface area contributed by atoms with Gasteiger partial charge in [0.15, 0.2) is 5.78 Å². The van der Waals surface area contributed by atoms with Crippen molar-refractivity contribution < 1.29 is 14.3 Å². The maximum absolute atomic E-state index is 12.9. The fraction of sp³-hybridized carbons (Fsp3) is 0.440. The molecule has 30 heavy (non-hydrogen) atoms. The standard InChI is InChI=1S/C25H32N2O3/c1-19(28)23(17-20-9-5-3-6-10-20)26-25(29)18-27-16-8-4-7-11-24(27)21-12-14-22(30-2)15-13-21/h3,5-6,9-10,12-15,23-24H,4,7-8,11,16-18H2,1-2H3,(H,26,29)/t23-,24-/m1/s1. The van der Waals surface area contributed by atoms with Crippen molar-refractivity contribution in [3.63, 3.8) is 0 Å².